The van der Waals surface area contributed by atoms with Crippen LogP contribution in [0.25, 0.3) is 0 Å². The number of rotatable bonds is 6. The van der Waals surface area contributed by atoms with Gasteiger partial charge in [-0.05, 0) is 50.5 Å². The maximum absolute atomic E-state index is 11.4. The van der Waals surface area contributed by atoms with Crippen molar-refractivity contribution in [3.63, 3.8) is 0 Å². The van der Waals surface area contributed by atoms with Crippen LogP contribution in [-0.2, 0) is 11.3 Å². The minimum absolute atomic E-state index is 0.337. The predicted octanol–water partition coefficient (Wildman–Crippen LogP) is 1.69. The normalized spacial score (nSPS) is 16.1. The number of carbonyl (C=O) groups is 1. The van der Waals surface area contributed by atoms with Gasteiger partial charge >= 0.3 is 5.97 Å². The van der Waals surface area contributed by atoms with E-state index in [0.717, 1.165) is 44.3 Å². The van der Waals surface area contributed by atoms with E-state index in [9.17, 15) is 4.79 Å². The topological polar surface area (TPSA) is 54.5 Å². The Kier molecular flexibility index (Phi) is 6.14. The van der Waals surface area contributed by atoms with Crippen LogP contribution in [0, 0.1) is 5.92 Å². The largest absolute Gasteiger partial charge is 0.465 e. The molecule has 0 radical (unpaired) electrons. The standard InChI is InChI=1S/C16H25N3O2/c1-3-19(11-13-6-8-17-9-7-13)12-15-5-4-14(10-18-15)16(20)21-2/h4-5,10,13,17H,3,6-9,11-12H2,1-2H3. The summed E-state index contributed by atoms with van der Waals surface area (Å²) >= 11 is 0. The number of aromatic nitrogens is 1. The van der Waals surface area contributed by atoms with Gasteiger partial charge in [0.2, 0.25) is 0 Å². The number of methoxy groups -OCH3 is 1. The molecule has 1 saturated heterocycles. The van der Waals surface area contributed by atoms with Gasteiger partial charge in [-0.3, -0.25) is 9.88 Å². The molecule has 1 aliphatic heterocycles. The number of carbonyl (C=O) groups excluding carboxylic acids is 1. The van der Waals surface area contributed by atoms with Crippen LogP contribution < -0.4 is 5.32 Å². The van der Waals surface area contributed by atoms with E-state index in [1.165, 1.54) is 20.0 Å². The Labute approximate surface area is 126 Å². The highest BCUT2D eigenvalue weighted by atomic mass is 16.5. The summed E-state index contributed by atoms with van der Waals surface area (Å²) < 4.78 is 4.68. The molecule has 1 fully saturated rings. The van der Waals surface area contributed by atoms with Crippen LogP contribution >= 0.6 is 0 Å². The number of ether oxygens (including phenoxy) is 1. The van der Waals surface area contributed by atoms with Gasteiger partial charge in [-0.1, -0.05) is 6.92 Å². The zero-order chi connectivity index (χ0) is 15.1. The summed E-state index contributed by atoms with van der Waals surface area (Å²) in [4.78, 5) is 18.2. The highest BCUT2D eigenvalue weighted by Crippen LogP contribution is 2.15. The van der Waals surface area contributed by atoms with Crippen LogP contribution in [0.15, 0.2) is 18.3 Å². The summed E-state index contributed by atoms with van der Waals surface area (Å²) in [6.07, 6.45) is 4.11. The van der Waals surface area contributed by atoms with Gasteiger partial charge in [-0.15, -0.1) is 0 Å². The molecule has 116 valence electrons. The number of hydrogen-bond donors (Lipinski definition) is 1. The van der Waals surface area contributed by atoms with Crippen LogP contribution in [0.3, 0.4) is 0 Å². The summed E-state index contributed by atoms with van der Waals surface area (Å²) in [5, 5.41) is 3.40. The molecule has 0 aliphatic carbocycles. The third kappa shape index (κ3) is 4.79. The second-order valence-electron chi connectivity index (χ2n) is 5.55. The Morgan fingerprint density at radius 3 is 2.76 bits per heavy atom. The van der Waals surface area contributed by atoms with Gasteiger partial charge in [0.05, 0.1) is 18.4 Å². The summed E-state index contributed by atoms with van der Waals surface area (Å²) in [7, 11) is 1.38. The first-order valence-electron chi connectivity index (χ1n) is 7.69. The zero-order valence-electron chi connectivity index (χ0n) is 13.0. The minimum Gasteiger partial charge on any atom is -0.465 e. The lowest BCUT2D eigenvalue weighted by Crippen LogP contribution is -2.36. The van der Waals surface area contributed by atoms with Crippen molar-refractivity contribution in [1.82, 2.24) is 15.2 Å². The number of hydrogen-bond acceptors (Lipinski definition) is 5. The Bertz CT molecular complexity index is 441. The smallest absolute Gasteiger partial charge is 0.339 e. The van der Waals surface area contributed by atoms with Gasteiger partial charge in [0, 0.05) is 19.3 Å². The first kappa shape index (κ1) is 15.9. The predicted molar refractivity (Wildman–Crippen MR) is 82.1 cm³/mol. The first-order valence-corrected chi connectivity index (χ1v) is 7.69. The average molecular weight is 291 g/mol. The Morgan fingerprint density at radius 2 is 2.19 bits per heavy atom. The van der Waals surface area contributed by atoms with Crippen molar-refractivity contribution in [2.24, 2.45) is 5.92 Å². The van der Waals surface area contributed by atoms with E-state index in [0.29, 0.717) is 5.56 Å². The quantitative estimate of drug-likeness (QED) is 0.808. The molecule has 5 heteroatoms. The number of esters is 1. The van der Waals surface area contributed by atoms with Gasteiger partial charge in [0.15, 0.2) is 0 Å². The fourth-order valence-electron chi connectivity index (χ4n) is 2.72. The summed E-state index contributed by atoms with van der Waals surface area (Å²) in [5.41, 5.74) is 1.50. The molecule has 21 heavy (non-hydrogen) atoms. The fraction of sp³-hybridized carbons (Fsp3) is 0.625. The van der Waals surface area contributed by atoms with E-state index in [2.05, 4.69) is 26.9 Å². The Hall–Kier alpha value is -1.46. The van der Waals surface area contributed by atoms with Gasteiger partial charge in [0.1, 0.15) is 0 Å². The van der Waals surface area contributed by atoms with Gasteiger partial charge in [-0.2, -0.15) is 0 Å². The molecule has 5 nitrogen and oxygen atoms in total. The van der Waals surface area contributed by atoms with Gasteiger partial charge in [-0.25, -0.2) is 4.79 Å². The van der Waals surface area contributed by atoms with Gasteiger partial charge in [0.25, 0.3) is 0 Å². The van der Waals surface area contributed by atoms with Crippen molar-refractivity contribution in [3.05, 3.63) is 29.6 Å². The van der Waals surface area contributed by atoms with Crippen molar-refractivity contribution in [2.45, 2.75) is 26.3 Å². The van der Waals surface area contributed by atoms with E-state index in [4.69, 9.17) is 0 Å². The molecule has 0 saturated carbocycles. The molecule has 1 aromatic heterocycles. The maximum Gasteiger partial charge on any atom is 0.339 e. The molecule has 0 spiro atoms. The van der Waals surface area contributed by atoms with Crippen molar-refractivity contribution < 1.29 is 9.53 Å². The number of pyridine rings is 1. The van der Waals surface area contributed by atoms with Crippen LogP contribution in [0.4, 0.5) is 0 Å². The highest BCUT2D eigenvalue weighted by molar-refractivity contribution is 5.88. The van der Waals surface area contributed by atoms with Gasteiger partial charge < -0.3 is 10.1 Å². The first-order chi connectivity index (χ1) is 10.2. The Balaban J connectivity index is 1.89. The molecule has 0 atom stereocenters. The monoisotopic (exact) mass is 291 g/mol. The maximum atomic E-state index is 11.4. The molecule has 1 aliphatic rings. The van der Waals surface area contributed by atoms with Crippen molar-refractivity contribution >= 4 is 5.97 Å². The van der Waals surface area contributed by atoms with Crippen LogP contribution in [-0.4, -0.2) is 49.1 Å². The van der Waals surface area contributed by atoms with E-state index in [1.54, 1.807) is 12.3 Å². The summed E-state index contributed by atoms with van der Waals surface area (Å²) in [6.45, 7) is 7.43. The molecule has 0 amide bonds. The Morgan fingerprint density at radius 1 is 1.43 bits per heavy atom. The lowest BCUT2D eigenvalue weighted by molar-refractivity contribution is 0.0600. The second kappa shape index (κ2) is 8.10. The van der Waals surface area contributed by atoms with Crippen LogP contribution in [0.1, 0.15) is 35.8 Å². The van der Waals surface area contributed by atoms with Crippen LogP contribution in [0.2, 0.25) is 0 Å². The second-order valence-corrected chi connectivity index (χ2v) is 5.55. The van der Waals surface area contributed by atoms with Crippen LogP contribution in [0.5, 0.6) is 0 Å². The van der Waals surface area contributed by atoms with Crippen molar-refractivity contribution in [1.29, 1.82) is 0 Å². The third-order valence-electron chi connectivity index (χ3n) is 4.05. The molecule has 0 aromatic carbocycles. The third-order valence-corrected chi connectivity index (χ3v) is 4.05. The number of piperidine rings is 1. The summed E-state index contributed by atoms with van der Waals surface area (Å²) in [6, 6.07) is 3.70. The van der Waals surface area contributed by atoms with E-state index in [-0.39, 0.29) is 5.97 Å². The molecular weight excluding hydrogens is 266 g/mol. The number of nitrogens with one attached hydrogen (secondary N) is 1. The van der Waals surface area contributed by atoms with E-state index < -0.39 is 0 Å². The SMILES string of the molecule is CCN(Cc1ccc(C(=O)OC)cn1)CC1CCNCC1. The average Bonchev–Trinajstić information content (AvgIpc) is 2.55. The minimum atomic E-state index is -0.337. The molecular formula is C16H25N3O2. The summed E-state index contributed by atoms with van der Waals surface area (Å²) in [5.74, 6) is 0.441. The van der Waals surface area contributed by atoms with Crippen molar-refractivity contribution in [2.75, 3.05) is 33.3 Å². The molecule has 0 unspecified atom stereocenters. The molecule has 1 N–H and O–H groups in total. The molecule has 0 bridgehead atoms. The zero-order valence-corrected chi connectivity index (χ0v) is 13.0. The lowest BCUT2D eigenvalue weighted by atomic mass is 9.97. The van der Waals surface area contributed by atoms with E-state index in [1.807, 2.05) is 6.07 Å². The molecule has 2 heterocycles. The van der Waals surface area contributed by atoms with Crippen molar-refractivity contribution in [3.8, 4) is 0 Å². The highest BCUT2D eigenvalue weighted by Gasteiger charge is 2.16. The number of nitrogens with zero attached hydrogens (tertiary/aromatic N) is 2. The van der Waals surface area contributed by atoms with E-state index >= 15 is 0 Å². The lowest BCUT2D eigenvalue weighted by Gasteiger charge is -2.29. The fourth-order valence-corrected chi connectivity index (χ4v) is 2.72. The molecule has 1 aromatic rings. The molecule has 2 rings (SSSR count).